The van der Waals surface area contributed by atoms with Gasteiger partial charge in [0, 0.05) is 50.4 Å². The first-order valence-corrected chi connectivity index (χ1v) is 16.0. The largest absolute Gasteiger partial charge is 0.512 e. The van der Waals surface area contributed by atoms with Gasteiger partial charge < -0.3 is 10.1 Å². The smallest absolute Gasteiger partial charge is 0.162 e. The number of aromatic nitrogens is 2. The number of nitrogens with zero attached hydrogens (tertiary/aromatic N) is 2. The summed E-state index contributed by atoms with van der Waals surface area (Å²) in [5, 5.41) is 13.4. The van der Waals surface area contributed by atoms with Gasteiger partial charge in [0.15, 0.2) is 5.78 Å². The van der Waals surface area contributed by atoms with Crippen LogP contribution in [0.4, 0.5) is 0 Å². The van der Waals surface area contributed by atoms with Gasteiger partial charge in [-0.05, 0) is 82.1 Å². The molecule has 1 radical (unpaired) electrons. The maximum atomic E-state index is 11.7. The fourth-order valence-electron chi connectivity index (χ4n) is 6.43. The SMILES string of the molecule is CC(C)(C)Cc1cc2c3c(nccc3c1)-c1[c-]c3ncccc3cc1C2(C)C.CCC(CC)C(=O)/C=C(\O)C(CC)CC.[Ir]. The third kappa shape index (κ3) is 7.49. The number of rotatable bonds is 8. The van der Waals surface area contributed by atoms with Crippen molar-refractivity contribution in [2.75, 3.05) is 0 Å². The second-order valence-corrected chi connectivity index (χ2v) is 13.8. The van der Waals surface area contributed by atoms with Crippen LogP contribution in [0.1, 0.15) is 105 Å². The van der Waals surface area contributed by atoms with Gasteiger partial charge in [0.05, 0.1) is 5.76 Å². The molecule has 0 saturated heterocycles. The molecule has 2 aromatic carbocycles. The van der Waals surface area contributed by atoms with Crippen molar-refractivity contribution in [2.24, 2.45) is 17.3 Å². The Morgan fingerprint density at radius 1 is 0.909 bits per heavy atom. The number of aliphatic hydroxyl groups excluding tert-OH is 1. The molecule has 0 fully saturated rings. The number of carbonyl (C=O) groups excluding carboxylic acids is 1. The fraction of sp³-hybridized carbons (Fsp3) is 0.462. The third-order valence-corrected chi connectivity index (χ3v) is 8.97. The zero-order valence-electron chi connectivity index (χ0n) is 28.0. The zero-order chi connectivity index (χ0) is 31.5. The summed E-state index contributed by atoms with van der Waals surface area (Å²) in [6.45, 7) is 19.6. The molecular formula is C39H49IrN2O2-. The number of benzene rings is 2. The summed E-state index contributed by atoms with van der Waals surface area (Å²) in [5.41, 5.74) is 7.24. The molecule has 2 aromatic heterocycles. The number of hydrogen-bond acceptors (Lipinski definition) is 4. The number of fused-ring (bicyclic) bond motifs is 3. The number of aliphatic hydroxyl groups is 1. The van der Waals surface area contributed by atoms with Crippen molar-refractivity contribution < 1.29 is 30.0 Å². The maximum Gasteiger partial charge on any atom is 0.162 e. The number of carbonyl (C=O) groups is 1. The monoisotopic (exact) mass is 770 g/mol. The van der Waals surface area contributed by atoms with Gasteiger partial charge in [0.25, 0.3) is 0 Å². The average molecular weight is 770 g/mol. The summed E-state index contributed by atoms with van der Waals surface area (Å²) < 4.78 is 0. The van der Waals surface area contributed by atoms with E-state index in [0.29, 0.717) is 0 Å². The molecule has 0 bridgehead atoms. The Balaban J connectivity index is 0.000000286. The van der Waals surface area contributed by atoms with E-state index in [9.17, 15) is 9.90 Å². The molecule has 0 amide bonds. The Hall–Kier alpha value is -2.88. The Bertz CT molecular complexity index is 1640. The van der Waals surface area contributed by atoms with E-state index in [4.69, 9.17) is 4.98 Å². The summed E-state index contributed by atoms with van der Waals surface area (Å²) in [6.07, 6.45) is 9.73. The molecule has 1 aliphatic rings. The van der Waals surface area contributed by atoms with Gasteiger partial charge >= 0.3 is 0 Å². The summed E-state index contributed by atoms with van der Waals surface area (Å²) in [7, 11) is 0. The molecule has 4 nitrogen and oxygen atoms in total. The second kappa shape index (κ2) is 14.5. The van der Waals surface area contributed by atoms with Crippen molar-refractivity contribution >= 4 is 27.5 Å². The summed E-state index contributed by atoms with van der Waals surface area (Å²) >= 11 is 0. The Morgan fingerprint density at radius 3 is 2.18 bits per heavy atom. The van der Waals surface area contributed by atoms with Crippen LogP contribution in [0.3, 0.4) is 0 Å². The molecule has 5 rings (SSSR count). The fourth-order valence-corrected chi connectivity index (χ4v) is 6.43. The molecule has 237 valence electrons. The van der Waals surface area contributed by atoms with E-state index in [0.717, 1.165) is 54.3 Å². The molecule has 0 saturated carbocycles. The van der Waals surface area contributed by atoms with E-state index < -0.39 is 0 Å². The average Bonchev–Trinajstić information content (AvgIpc) is 2.96. The summed E-state index contributed by atoms with van der Waals surface area (Å²) in [5.74, 6) is 0.547. The van der Waals surface area contributed by atoms with Crippen molar-refractivity contribution in [3.8, 4) is 11.3 Å². The van der Waals surface area contributed by atoms with Crippen molar-refractivity contribution in [2.45, 2.75) is 99.8 Å². The van der Waals surface area contributed by atoms with Gasteiger partial charge in [-0.25, -0.2) is 0 Å². The van der Waals surface area contributed by atoms with Gasteiger partial charge in [0.2, 0.25) is 0 Å². The molecule has 0 unspecified atom stereocenters. The minimum Gasteiger partial charge on any atom is -0.512 e. The van der Waals surface area contributed by atoms with Crippen LogP contribution in [-0.4, -0.2) is 20.9 Å². The van der Waals surface area contributed by atoms with E-state index >= 15 is 0 Å². The molecule has 44 heavy (non-hydrogen) atoms. The van der Waals surface area contributed by atoms with Crippen LogP contribution in [0.25, 0.3) is 32.9 Å². The maximum absolute atomic E-state index is 11.7. The predicted octanol–water partition coefficient (Wildman–Crippen LogP) is 10.3. The van der Waals surface area contributed by atoms with Crippen LogP contribution in [0.5, 0.6) is 0 Å². The first-order valence-electron chi connectivity index (χ1n) is 16.0. The standard InChI is InChI=1S/C26H25N2.C13H24O2.Ir/c1-25(2,3)15-16-11-18-8-10-28-24-19-14-22-17(7-6-9-27-22)13-20(19)26(4,5)21(12-16)23(18)24;1-5-10(6-2)12(14)9-13(15)11(7-3)8-4;/h6-13H,15H2,1-5H3;9-11,14H,5-8H2,1-4H3;/q-1;;/b;12-9-;. The molecule has 1 N–H and O–H groups in total. The summed E-state index contributed by atoms with van der Waals surface area (Å²) in [4.78, 5) is 21.0. The minimum absolute atomic E-state index is 0. The number of pyridine rings is 2. The molecule has 5 heteroatoms. The van der Waals surface area contributed by atoms with Gasteiger partial charge in [-0.2, -0.15) is 0 Å². The quantitative estimate of drug-likeness (QED) is 0.110. The number of hydrogen-bond donors (Lipinski definition) is 1. The summed E-state index contributed by atoms with van der Waals surface area (Å²) in [6, 6.07) is 16.9. The van der Waals surface area contributed by atoms with Crippen LogP contribution in [0.2, 0.25) is 0 Å². The minimum atomic E-state index is -0.113. The molecule has 1 aliphatic carbocycles. The third-order valence-electron chi connectivity index (χ3n) is 8.97. The number of allylic oxidation sites excluding steroid dienone is 2. The van der Waals surface area contributed by atoms with Crippen LogP contribution in [-0.2, 0) is 36.7 Å². The molecule has 0 spiro atoms. The van der Waals surface area contributed by atoms with E-state index in [1.54, 1.807) is 0 Å². The van der Waals surface area contributed by atoms with E-state index in [1.165, 1.54) is 33.5 Å². The van der Waals surface area contributed by atoms with Gasteiger partial charge in [-0.3, -0.25) is 9.78 Å². The Kier molecular flexibility index (Phi) is 11.7. The van der Waals surface area contributed by atoms with Crippen LogP contribution < -0.4 is 0 Å². The second-order valence-electron chi connectivity index (χ2n) is 13.8. The van der Waals surface area contributed by atoms with Crippen molar-refractivity contribution in [1.82, 2.24) is 9.97 Å². The van der Waals surface area contributed by atoms with Gasteiger partial charge in [-0.1, -0.05) is 92.0 Å². The molecular weight excluding hydrogens is 721 g/mol. The van der Waals surface area contributed by atoms with Crippen LogP contribution in [0.15, 0.2) is 60.6 Å². The van der Waals surface area contributed by atoms with Crippen LogP contribution in [0, 0.1) is 23.3 Å². The molecule has 0 atom stereocenters. The van der Waals surface area contributed by atoms with Crippen molar-refractivity contribution in [3.05, 3.63) is 83.4 Å². The number of ketones is 1. The molecule has 4 aromatic rings. The van der Waals surface area contributed by atoms with Crippen molar-refractivity contribution in [3.63, 3.8) is 0 Å². The zero-order valence-corrected chi connectivity index (χ0v) is 30.4. The van der Waals surface area contributed by atoms with Gasteiger partial charge in [0.1, 0.15) is 0 Å². The first kappa shape index (κ1) is 35.6. The van der Waals surface area contributed by atoms with Gasteiger partial charge in [-0.15, -0.1) is 23.3 Å². The Labute approximate surface area is 278 Å². The molecule has 0 aliphatic heterocycles. The van der Waals surface area contributed by atoms with E-state index in [1.807, 2.05) is 46.2 Å². The predicted molar refractivity (Wildman–Crippen MR) is 180 cm³/mol. The normalized spacial score (nSPS) is 13.8. The molecule has 2 heterocycles. The van der Waals surface area contributed by atoms with E-state index in [-0.39, 0.29) is 54.3 Å². The van der Waals surface area contributed by atoms with Crippen molar-refractivity contribution in [1.29, 1.82) is 0 Å². The first-order chi connectivity index (χ1) is 20.3. The van der Waals surface area contributed by atoms with Crippen LogP contribution >= 0.6 is 0 Å². The Morgan fingerprint density at radius 2 is 1.57 bits per heavy atom. The van der Waals surface area contributed by atoms with E-state index in [2.05, 4.69) is 76.0 Å². The topological polar surface area (TPSA) is 63.1 Å².